The van der Waals surface area contributed by atoms with Crippen molar-refractivity contribution in [2.45, 2.75) is 24.5 Å². The van der Waals surface area contributed by atoms with Gasteiger partial charge in [0.2, 0.25) is 0 Å². The minimum absolute atomic E-state index is 0.0516. The van der Waals surface area contributed by atoms with Crippen LogP contribution in [0.4, 0.5) is 5.69 Å². The molecule has 0 heterocycles. The van der Waals surface area contributed by atoms with E-state index in [1.165, 1.54) is 11.1 Å². The number of amides is 1. The number of aryl methyl sites for hydroxylation is 1. The van der Waals surface area contributed by atoms with E-state index in [0.717, 1.165) is 10.6 Å². The highest BCUT2D eigenvalue weighted by Crippen LogP contribution is 2.28. The Hall–Kier alpha value is -1.94. The van der Waals surface area contributed by atoms with Crippen LogP contribution in [-0.4, -0.2) is 12.5 Å². The first-order valence-electron chi connectivity index (χ1n) is 6.96. The Morgan fingerprint density at radius 1 is 1.24 bits per heavy atom. The van der Waals surface area contributed by atoms with E-state index in [2.05, 4.69) is 36.5 Å². The van der Waals surface area contributed by atoms with E-state index in [9.17, 15) is 4.79 Å². The molecule has 4 heteroatoms. The van der Waals surface area contributed by atoms with Crippen LogP contribution in [0.25, 0.3) is 0 Å². The van der Waals surface area contributed by atoms with Crippen molar-refractivity contribution < 1.29 is 4.79 Å². The first-order valence-corrected chi connectivity index (χ1v) is 7.94. The van der Waals surface area contributed by atoms with Gasteiger partial charge in [0.05, 0.1) is 5.56 Å². The molecule has 21 heavy (non-hydrogen) atoms. The number of carbonyl (C=O) groups is 1. The number of anilines is 1. The maximum absolute atomic E-state index is 12.1. The van der Waals surface area contributed by atoms with Gasteiger partial charge in [0.25, 0.3) is 5.91 Å². The average Bonchev–Trinajstić information content (AvgIpc) is 2.45. The van der Waals surface area contributed by atoms with Crippen molar-refractivity contribution in [3.8, 4) is 0 Å². The van der Waals surface area contributed by atoms with Crippen LogP contribution in [0.15, 0.2) is 47.4 Å². The van der Waals surface area contributed by atoms with Crippen LogP contribution in [0.2, 0.25) is 0 Å². The Bertz CT molecular complexity index is 640. The van der Waals surface area contributed by atoms with Gasteiger partial charge in [0, 0.05) is 22.9 Å². The highest BCUT2D eigenvalue weighted by Gasteiger charge is 2.11. The Kier molecular flexibility index (Phi) is 5.28. The standard InChI is InChI=1S/C17H20N2OS/c1-3-19-17(20)15-8-7-14(18)10-16(15)21-11-13-6-4-5-12(2)9-13/h4-10H,3,11,18H2,1-2H3,(H,19,20). The van der Waals surface area contributed by atoms with Crippen LogP contribution in [0, 0.1) is 6.92 Å². The third-order valence-electron chi connectivity index (χ3n) is 3.06. The molecular weight excluding hydrogens is 280 g/mol. The number of rotatable bonds is 5. The van der Waals surface area contributed by atoms with Crippen molar-refractivity contribution >= 4 is 23.4 Å². The minimum atomic E-state index is -0.0516. The summed E-state index contributed by atoms with van der Waals surface area (Å²) in [6, 6.07) is 13.8. The SMILES string of the molecule is CCNC(=O)c1ccc(N)cc1SCc1cccc(C)c1. The van der Waals surface area contributed by atoms with Crippen LogP contribution < -0.4 is 11.1 Å². The van der Waals surface area contributed by atoms with Crippen LogP contribution >= 0.6 is 11.8 Å². The second-order valence-electron chi connectivity index (χ2n) is 4.89. The highest BCUT2D eigenvalue weighted by atomic mass is 32.2. The molecule has 0 unspecified atom stereocenters. The maximum atomic E-state index is 12.1. The van der Waals surface area contributed by atoms with E-state index in [1.807, 2.05) is 13.0 Å². The van der Waals surface area contributed by atoms with Crippen molar-refractivity contribution in [2.75, 3.05) is 12.3 Å². The van der Waals surface area contributed by atoms with Crippen LogP contribution in [0.5, 0.6) is 0 Å². The normalized spacial score (nSPS) is 10.4. The van der Waals surface area contributed by atoms with E-state index in [1.54, 1.807) is 23.9 Å². The number of hydrogen-bond donors (Lipinski definition) is 2. The maximum Gasteiger partial charge on any atom is 0.252 e. The quantitative estimate of drug-likeness (QED) is 0.655. The molecule has 0 aliphatic heterocycles. The lowest BCUT2D eigenvalue weighted by atomic mass is 10.2. The zero-order valence-corrected chi connectivity index (χ0v) is 13.2. The largest absolute Gasteiger partial charge is 0.399 e. The zero-order valence-electron chi connectivity index (χ0n) is 12.3. The van der Waals surface area contributed by atoms with E-state index in [4.69, 9.17) is 5.73 Å². The van der Waals surface area contributed by atoms with Crippen molar-refractivity contribution in [3.05, 3.63) is 59.2 Å². The molecule has 3 nitrogen and oxygen atoms in total. The zero-order chi connectivity index (χ0) is 15.2. The summed E-state index contributed by atoms with van der Waals surface area (Å²) in [4.78, 5) is 13.0. The number of hydrogen-bond acceptors (Lipinski definition) is 3. The Labute approximate surface area is 129 Å². The highest BCUT2D eigenvalue weighted by molar-refractivity contribution is 7.98. The molecule has 2 aromatic carbocycles. The predicted octanol–water partition coefficient (Wildman–Crippen LogP) is 3.62. The Morgan fingerprint density at radius 2 is 2.05 bits per heavy atom. The first kappa shape index (κ1) is 15.4. The molecule has 0 radical (unpaired) electrons. The van der Waals surface area contributed by atoms with Gasteiger partial charge in [-0.15, -0.1) is 11.8 Å². The smallest absolute Gasteiger partial charge is 0.252 e. The number of benzene rings is 2. The summed E-state index contributed by atoms with van der Waals surface area (Å²) in [5.74, 6) is 0.765. The van der Waals surface area contributed by atoms with Crippen molar-refractivity contribution in [3.63, 3.8) is 0 Å². The molecule has 0 spiro atoms. The van der Waals surface area contributed by atoms with E-state index < -0.39 is 0 Å². The topological polar surface area (TPSA) is 55.1 Å². The first-order chi connectivity index (χ1) is 10.1. The van der Waals surface area contributed by atoms with Crippen LogP contribution in [0.1, 0.15) is 28.4 Å². The Balaban J connectivity index is 2.18. The molecular formula is C17H20N2OS. The van der Waals surface area contributed by atoms with Gasteiger partial charge < -0.3 is 11.1 Å². The lowest BCUT2D eigenvalue weighted by Crippen LogP contribution is -2.23. The van der Waals surface area contributed by atoms with Crippen molar-refractivity contribution in [1.82, 2.24) is 5.32 Å². The van der Waals surface area contributed by atoms with Crippen LogP contribution in [0.3, 0.4) is 0 Å². The molecule has 2 aromatic rings. The Morgan fingerprint density at radius 3 is 2.76 bits per heavy atom. The number of nitrogens with one attached hydrogen (secondary N) is 1. The van der Waals surface area contributed by atoms with Gasteiger partial charge in [-0.25, -0.2) is 0 Å². The summed E-state index contributed by atoms with van der Waals surface area (Å²) < 4.78 is 0. The lowest BCUT2D eigenvalue weighted by molar-refractivity contribution is 0.0953. The van der Waals surface area contributed by atoms with E-state index >= 15 is 0 Å². The minimum Gasteiger partial charge on any atom is -0.399 e. The molecule has 0 aliphatic rings. The van der Waals surface area contributed by atoms with Gasteiger partial charge in [0.1, 0.15) is 0 Å². The van der Waals surface area contributed by atoms with Gasteiger partial charge >= 0.3 is 0 Å². The number of carbonyl (C=O) groups excluding carboxylic acids is 1. The number of thioether (sulfide) groups is 1. The summed E-state index contributed by atoms with van der Waals surface area (Å²) in [6.45, 7) is 4.61. The van der Waals surface area contributed by atoms with Crippen LogP contribution in [-0.2, 0) is 5.75 Å². The van der Waals surface area contributed by atoms with Gasteiger partial charge in [-0.2, -0.15) is 0 Å². The molecule has 0 atom stereocenters. The van der Waals surface area contributed by atoms with Gasteiger partial charge in [-0.05, 0) is 37.6 Å². The molecule has 3 N–H and O–H groups in total. The summed E-state index contributed by atoms with van der Waals surface area (Å²) in [5.41, 5.74) is 9.69. The number of nitrogens with two attached hydrogens (primary N) is 1. The molecule has 0 aliphatic carbocycles. The van der Waals surface area contributed by atoms with Crippen molar-refractivity contribution in [2.24, 2.45) is 0 Å². The molecule has 0 saturated heterocycles. The number of nitrogen functional groups attached to an aromatic ring is 1. The molecule has 0 aromatic heterocycles. The molecule has 2 rings (SSSR count). The second kappa shape index (κ2) is 7.18. The predicted molar refractivity (Wildman–Crippen MR) is 89.6 cm³/mol. The molecule has 0 saturated carbocycles. The summed E-state index contributed by atoms with van der Waals surface area (Å²) >= 11 is 1.64. The fourth-order valence-corrected chi connectivity index (χ4v) is 3.10. The third-order valence-corrected chi connectivity index (χ3v) is 4.19. The molecule has 1 amide bonds. The summed E-state index contributed by atoms with van der Waals surface area (Å²) in [7, 11) is 0. The average molecular weight is 300 g/mol. The fraction of sp³-hybridized carbons (Fsp3) is 0.235. The van der Waals surface area contributed by atoms with Crippen molar-refractivity contribution in [1.29, 1.82) is 0 Å². The molecule has 0 bridgehead atoms. The third kappa shape index (κ3) is 4.26. The fourth-order valence-electron chi connectivity index (χ4n) is 2.06. The lowest BCUT2D eigenvalue weighted by Gasteiger charge is -2.10. The molecule has 110 valence electrons. The summed E-state index contributed by atoms with van der Waals surface area (Å²) in [6.07, 6.45) is 0. The molecule has 0 fully saturated rings. The van der Waals surface area contributed by atoms with Gasteiger partial charge in [0.15, 0.2) is 0 Å². The monoisotopic (exact) mass is 300 g/mol. The van der Waals surface area contributed by atoms with E-state index in [0.29, 0.717) is 17.8 Å². The summed E-state index contributed by atoms with van der Waals surface area (Å²) in [5, 5.41) is 2.84. The van der Waals surface area contributed by atoms with Gasteiger partial charge in [-0.3, -0.25) is 4.79 Å². The second-order valence-corrected chi connectivity index (χ2v) is 5.91. The van der Waals surface area contributed by atoms with E-state index in [-0.39, 0.29) is 5.91 Å². The van der Waals surface area contributed by atoms with Gasteiger partial charge in [-0.1, -0.05) is 29.8 Å².